The summed E-state index contributed by atoms with van der Waals surface area (Å²) in [5.41, 5.74) is 5.76. The molecule has 0 bridgehead atoms. The average Bonchev–Trinajstić information content (AvgIpc) is 3.44. The van der Waals surface area contributed by atoms with E-state index in [-0.39, 0.29) is 37.1 Å². The molecule has 5 aromatic rings. The van der Waals surface area contributed by atoms with Crippen LogP contribution in [0.4, 0.5) is 13.2 Å². The molecule has 1 N–H and O–H groups in total. The van der Waals surface area contributed by atoms with Crippen LogP contribution in [-0.4, -0.2) is 32.0 Å². The number of ether oxygens (including phenoxy) is 1. The maximum Gasteiger partial charge on any atom is 0.431 e. The van der Waals surface area contributed by atoms with Gasteiger partial charge in [-0.15, -0.1) is 0 Å². The smallest absolute Gasteiger partial charge is 0.431 e. The summed E-state index contributed by atoms with van der Waals surface area (Å²) >= 11 is 6.28. The minimum atomic E-state index is -4.62. The lowest BCUT2D eigenvalue weighted by atomic mass is 9.98. The lowest BCUT2D eigenvalue weighted by Crippen LogP contribution is -2.17. The number of alkyl halides is 3. The fourth-order valence-electron chi connectivity index (χ4n) is 6.13. The molecule has 0 saturated heterocycles. The minimum absolute atomic E-state index is 0.0486. The Bertz CT molecular complexity index is 1870. The molecule has 0 amide bonds. The predicted octanol–water partition coefficient (Wildman–Crippen LogP) is 8.90. The van der Waals surface area contributed by atoms with Crippen molar-refractivity contribution in [1.82, 2.24) is 14.3 Å². The van der Waals surface area contributed by atoms with Crippen molar-refractivity contribution < 1.29 is 27.8 Å². The number of para-hydroxylation sites is 1. The molecule has 0 saturated carbocycles. The highest BCUT2D eigenvalue weighted by Gasteiger charge is 2.39. The summed E-state index contributed by atoms with van der Waals surface area (Å²) in [6, 6.07) is 15.3. The van der Waals surface area contributed by atoms with Gasteiger partial charge in [-0.3, -0.25) is 4.68 Å². The highest BCUT2D eigenvalue weighted by atomic mass is 35.5. The van der Waals surface area contributed by atoms with E-state index in [9.17, 15) is 9.90 Å². The molecule has 5 rings (SSSR count). The Morgan fingerprint density at radius 2 is 1.67 bits per heavy atom. The molecule has 0 aliphatic rings. The van der Waals surface area contributed by atoms with Crippen molar-refractivity contribution in [2.45, 2.75) is 59.7 Å². The number of carbonyl (C=O) groups is 1. The zero-order chi connectivity index (χ0) is 32.6. The summed E-state index contributed by atoms with van der Waals surface area (Å²) in [7, 11) is 1.82. The van der Waals surface area contributed by atoms with Crippen molar-refractivity contribution in [1.29, 1.82) is 0 Å². The molecule has 0 atom stereocenters. The van der Waals surface area contributed by atoms with E-state index in [1.807, 2.05) is 52.9 Å². The third-order valence-electron chi connectivity index (χ3n) is 8.31. The average molecular weight is 638 g/mol. The van der Waals surface area contributed by atoms with E-state index in [1.165, 1.54) is 16.7 Å². The summed E-state index contributed by atoms with van der Waals surface area (Å²) in [6.45, 7) is 7.83. The van der Waals surface area contributed by atoms with Crippen LogP contribution in [0.3, 0.4) is 0 Å². The van der Waals surface area contributed by atoms with Crippen LogP contribution in [0, 0.1) is 27.7 Å². The van der Waals surface area contributed by atoms with E-state index in [4.69, 9.17) is 16.3 Å². The fraction of sp³-hybridized carbons (Fsp3) is 0.314. The molecule has 6 nitrogen and oxygen atoms in total. The summed E-state index contributed by atoms with van der Waals surface area (Å²) < 4.78 is 54.3. The number of benzene rings is 3. The molecule has 0 spiro atoms. The van der Waals surface area contributed by atoms with Gasteiger partial charge in [-0.2, -0.15) is 18.3 Å². The van der Waals surface area contributed by atoms with Gasteiger partial charge >= 0.3 is 12.1 Å². The number of aromatic nitrogens is 3. The van der Waals surface area contributed by atoms with Gasteiger partial charge in [0.1, 0.15) is 11.4 Å². The Balaban J connectivity index is 1.58. The van der Waals surface area contributed by atoms with Gasteiger partial charge in [0.2, 0.25) is 0 Å². The van der Waals surface area contributed by atoms with Crippen LogP contribution in [0.5, 0.6) is 5.75 Å². The number of rotatable bonds is 10. The third-order valence-corrected chi connectivity index (χ3v) is 8.90. The number of hydrogen-bond donors (Lipinski definition) is 1. The first-order valence-electron chi connectivity index (χ1n) is 14.7. The second-order valence-corrected chi connectivity index (χ2v) is 11.8. The van der Waals surface area contributed by atoms with Crippen molar-refractivity contribution >= 4 is 28.5 Å². The first-order valence-corrected chi connectivity index (χ1v) is 15.1. The monoisotopic (exact) mass is 637 g/mol. The van der Waals surface area contributed by atoms with Crippen molar-refractivity contribution in [3.8, 4) is 16.9 Å². The molecular weight excluding hydrogens is 603 g/mol. The molecule has 0 unspecified atom stereocenters. The number of carboxylic acids is 1. The van der Waals surface area contributed by atoms with Crippen LogP contribution < -0.4 is 4.74 Å². The first-order chi connectivity index (χ1) is 21.3. The van der Waals surface area contributed by atoms with Crippen molar-refractivity contribution in [2.75, 3.05) is 6.61 Å². The van der Waals surface area contributed by atoms with Gasteiger partial charge < -0.3 is 14.4 Å². The summed E-state index contributed by atoms with van der Waals surface area (Å²) in [4.78, 5) is 11.3. The normalized spacial score (nSPS) is 11.8. The molecule has 0 aliphatic heterocycles. The van der Waals surface area contributed by atoms with Crippen LogP contribution in [0.25, 0.3) is 22.0 Å². The maximum atomic E-state index is 15.1. The fourth-order valence-corrected chi connectivity index (χ4v) is 6.24. The van der Waals surface area contributed by atoms with Gasteiger partial charge in [0.25, 0.3) is 0 Å². The van der Waals surface area contributed by atoms with Crippen LogP contribution in [0.15, 0.2) is 54.6 Å². The van der Waals surface area contributed by atoms with Gasteiger partial charge in [-0.05, 0) is 93.5 Å². The second-order valence-electron chi connectivity index (χ2n) is 11.4. The molecule has 236 valence electrons. The number of nitrogens with zero attached hydrogens (tertiary/aromatic N) is 3. The van der Waals surface area contributed by atoms with E-state index in [0.717, 1.165) is 33.6 Å². The molecule has 0 aliphatic carbocycles. The molecule has 2 heterocycles. The number of fused-ring (bicyclic) bond motifs is 1. The van der Waals surface area contributed by atoms with E-state index < -0.39 is 17.8 Å². The third kappa shape index (κ3) is 6.45. The highest BCUT2D eigenvalue weighted by molar-refractivity contribution is 6.32. The van der Waals surface area contributed by atoms with Crippen LogP contribution in [0.1, 0.15) is 56.1 Å². The summed E-state index contributed by atoms with van der Waals surface area (Å²) in [5, 5.41) is 15.0. The van der Waals surface area contributed by atoms with Crippen LogP contribution in [0.2, 0.25) is 5.02 Å². The molecule has 45 heavy (non-hydrogen) atoms. The number of aryl methyl sites for hydroxylation is 7. The van der Waals surface area contributed by atoms with Gasteiger partial charge in [0.05, 0.1) is 23.4 Å². The molecular formula is C35H35ClF3N3O3. The molecule has 0 fully saturated rings. The number of carboxylic acid groups (broad SMARTS) is 1. The van der Waals surface area contributed by atoms with Crippen molar-refractivity contribution in [3.05, 3.63) is 105 Å². The summed E-state index contributed by atoms with van der Waals surface area (Å²) in [6.07, 6.45) is -3.81. The Morgan fingerprint density at radius 3 is 2.24 bits per heavy atom. The first kappa shape index (κ1) is 32.2. The Morgan fingerprint density at radius 1 is 1.00 bits per heavy atom. The van der Waals surface area contributed by atoms with Crippen molar-refractivity contribution in [3.63, 3.8) is 0 Å². The maximum absolute atomic E-state index is 15.1. The number of hydrogen-bond acceptors (Lipinski definition) is 3. The van der Waals surface area contributed by atoms with Gasteiger partial charge in [0, 0.05) is 40.8 Å². The van der Waals surface area contributed by atoms with Crippen molar-refractivity contribution in [2.24, 2.45) is 7.05 Å². The Kier molecular flexibility index (Phi) is 9.03. The van der Waals surface area contributed by atoms with Crippen LogP contribution >= 0.6 is 11.6 Å². The lowest BCUT2D eigenvalue weighted by molar-refractivity contribution is -0.143. The molecule has 2 aromatic heterocycles. The van der Waals surface area contributed by atoms with E-state index in [0.29, 0.717) is 33.7 Å². The van der Waals surface area contributed by atoms with E-state index >= 15 is 13.2 Å². The van der Waals surface area contributed by atoms with Gasteiger partial charge in [-0.1, -0.05) is 41.9 Å². The quantitative estimate of drug-likeness (QED) is 0.155. The zero-order valence-electron chi connectivity index (χ0n) is 25.8. The second kappa shape index (κ2) is 12.6. The van der Waals surface area contributed by atoms with E-state index in [1.54, 1.807) is 28.9 Å². The number of halogens is 4. The zero-order valence-corrected chi connectivity index (χ0v) is 26.6. The Hall–Kier alpha value is -4.24. The summed E-state index contributed by atoms with van der Waals surface area (Å²) in [5.74, 6) is -0.425. The molecule has 3 aromatic carbocycles. The molecule has 0 radical (unpaired) electrons. The van der Waals surface area contributed by atoms with E-state index in [2.05, 4.69) is 5.10 Å². The largest absolute Gasteiger partial charge is 0.494 e. The van der Waals surface area contributed by atoms with Gasteiger partial charge in [0.15, 0.2) is 0 Å². The van der Waals surface area contributed by atoms with Gasteiger partial charge in [-0.25, -0.2) is 4.79 Å². The molecule has 10 heteroatoms. The predicted molar refractivity (Wildman–Crippen MR) is 170 cm³/mol. The Labute approximate surface area is 265 Å². The van der Waals surface area contributed by atoms with Crippen LogP contribution in [-0.2, 0) is 32.6 Å². The number of aromatic carboxylic acids is 1. The SMILES string of the molecule is Cc1cc(OCCCc2c(C(F)(F)F)n(CCc3ccc(C(=O)O)cc3)c3c(-c4c(C)nn(C)c4C)cccc23)cc(C)c1Cl. The highest BCUT2D eigenvalue weighted by Crippen LogP contribution is 2.43. The lowest BCUT2D eigenvalue weighted by Gasteiger charge is -2.17. The standard InChI is InChI=1S/C35H35ClF3N3O3/c1-20-18-26(19-21(2)31(20)36)45-17-7-10-28-27-8-6-9-29(30-22(3)40-41(5)23(30)4)32(27)42(33(28)35(37,38)39)16-15-24-11-13-25(14-12-24)34(43)44/h6,8-9,11-14,18-19H,7,10,15-17H2,1-5H3,(H,43,44). The minimum Gasteiger partial charge on any atom is -0.494 e. The topological polar surface area (TPSA) is 69.3 Å².